The van der Waals surface area contributed by atoms with Crippen LogP contribution in [0, 0.1) is 5.82 Å². The summed E-state index contributed by atoms with van der Waals surface area (Å²) in [5.41, 5.74) is 1.21. The molecule has 3 heterocycles. The van der Waals surface area contributed by atoms with Crippen molar-refractivity contribution in [2.75, 3.05) is 26.9 Å². The zero-order valence-electron chi connectivity index (χ0n) is 22.9. The summed E-state index contributed by atoms with van der Waals surface area (Å²) >= 11 is 0. The first-order chi connectivity index (χ1) is 18.6. The maximum Gasteiger partial charge on any atom is 0.355 e. The fourth-order valence-electron chi connectivity index (χ4n) is 5.48. The van der Waals surface area contributed by atoms with E-state index in [1.54, 1.807) is 0 Å². The Bertz CT molecular complexity index is 1380. The molecule has 0 radical (unpaired) electrons. The standard InChI is InChI=1S/C29H36FN5O4/c1-29(2,3)31-27(36)16-26-32-35(28(37)34(26)21-11-12-24(30)25(15-21)38-4)20-7-5-19(6-8-20)13-14-33-22-9-10-23(33)18-39-17-22/h5-8,11-12,15,22-23H,9-10,13-14,16-18H2,1-4H3,(H,31,36). The number of halogens is 1. The van der Waals surface area contributed by atoms with E-state index < -0.39 is 17.0 Å². The smallest absolute Gasteiger partial charge is 0.355 e. The van der Waals surface area contributed by atoms with Gasteiger partial charge in [-0.2, -0.15) is 4.68 Å². The minimum absolute atomic E-state index is 0.00435. The monoisotopic (exact) mass is 537 g/mol. The van der Waals surface area contributed by atoms with Crippen LogP contribution in [0.2, 0.25) is 0 Å². The maximum atomic E-state index is 14.1. The third-order valence-corrected chi connectivity index (χ3v) is 7.30. The van der Waals surface area contributed by atoms with Crippen molar-refractivity contribution in [3.63, 3.8) is 0 Å². The number of fused-ring (bicyclic) bond motifs is 2. The highest BCUT2D eigenvalue weighted by atomic mass is 19.1. The minimum atomic E-state index is -0.547. The molecule has 5 rings (SSSR count). The summed E-state index contributed by atoms with van der Waals surface area (Å²) < 4.78 is 27.5. The summed E-state index contributed by atoms with van der Waals surface area (Å²) in [6.07, 6.45) is 3.18. The molecule has 0 saturated carbocycles. The molecule has 39 heavy (non-hydrogen) atoms. The van der Waals surface area contributed by atoms with E-state index in [0.29, 0.717) is 23.5 Å². The summed E-state index contributed by atoms with van der Waals surface area (Å²) in [6, 6.07) is 12.9. The van der Waals surface area contributed by atoms with Crippen LogP contribution in [-0.4, -0.2) is 69.6 Å². The molecule has 3 aromatic rings. The number of amides is 1. The van der Waals surface area contributed by atoms with Crippen molar-refractivity contribution < 1.29 is 18.7 Å². The third-order valence-electron chi connectivity index (χ3n) is 7.30. The van der Waals surface area contributed by atoms with Gasteiger partial charge < -0.3 is 14.8 Å². The number of hydrogen-bond donors (Lipinski definition) is 1. The summed E-state index contributed by atoms with van der Waals surface area (Å²) in [6.45, 7) is 8.26. The molecule has 0 spiro atoms. The lowest BCUT2D eigenvalue weighted by atomic mass is 10.1. The van der Waals surface area contributed by atoms with Crippen LogP contribution in [0.15, 0.2) is 47.3 Å². The van der Waals surface area contributed by atoms with Crippen LogP contribution in [0.3, 0.4) is 0 Å². The molecule has 0 aliphatic carbocycles. The zero-order chi connectivity index (χ0) is 27.7. The Kier molecular flexibility index (Phi) is 7.59. The van der Waals surface area contributed by atoms with Crippen molar-refractivity contribution in [2.24, 2.45) is 0 Å². The fourth-order valence-corrected chi connectivity index (χ4v) is 5.48. The van der Waals surface area contributed by atoms with E-state index >= 15 is 0 Å². The average molecular weight is 538 g/mol. The van der Waals surface area contributed by atoms with Gasteiger partial charge in [-0.05, 0) is 69.9 Å². The molecule has 208 valence electrons. The normalized spacial score (nSPS) is 19.3. The van der Waals surface area contributed by atoms with Gasteiger partial charge in [-0.15, -0.1) is 5.10 Å². The van der Waals surface area contributed by atoms with E-state index in [1.807, 2.05) is 45.0 Å². The minimum Gasteiger partial charge on any atom is -0.494 e. The Labute approximate surface area is 227 Å². The lowest BCUT2D eigenvalue weighted by molar-refractivity contribution is -0.121. The molecule has 1 aromatic heterocycles. The number of aromatic nitrogens is 3. The van der Waals surface area contributed by atoms with Crippen molar-refractivity contribution in [2.45, 2.75) is 64.1 Å². The highest BCUT2D eigenvalue weighted by Crippen LogP contribution is 2.29. The molecule has 2 atom stereocenters. The average Bonchev–Trinajstić information content (AvgIpc) is 3.31. The van der Waals surface area contributed by atoms with Crippen LogP contribution in [-0.2, 0) is 22.4 Å². The van der Waals surface area contributed by atoms with Gasteiger partial charge in [0, 0.05) is 30.2 Å². The van der Waals surface area contributed by atoms with Crippen molar-refractivity contribution in [3.05, 3.63) is 70.2 Å². The number of morpholine rings is 1. The molecule has 10 heteroatoms. The highest BCUT2D eigenvalue weighted by molar-refractivity contribution is 5.78. The molecule has 1 amide bonds. The lowest BCUT2D eigenvalue weighted by Crippen LogP contribution is -2.46. The van der Waals surface area contributed by atoms with E-state index in [9.17, 15) is 14.0 Å². The second-order valence-corrected chi connectivity index (χ2v) is 11.3. The van der Waals surface area contributed by atoms with Crippen molar-refractivity contribution in [3.8, 4) is 17.1 Å². The van der Waals surface area contributed by atoms with Gasteiger partial charge in [0.05, 0.1) is 38.1 Å². The number of ether oxygens (including phenoxy) is 2. The topological polar surface area (TPSA) is 90.6 Å². The number of benzene rings is 2. The molecular formula is C29H36FN5O4. The predicted octanol–water partition coefficient (Wildman–Crippen LogP) is 3.03. The molecule has 2 aromatic carbocycles. The van der Waals surface area contributed by atoms with E-state index in [1.165, 1.54) is 53.0 Å². The SMILES string of the molecule is COc1cc(-n2c(CC(=O)NC(C)(C)C)nn(-c3ccc(CCN4C5CCC4COC5)cc3)c2=O)ccc1F. The zero-order valence-corrected chi connectivity index (χ0v) is 22.9. The molecule has 9 nitrogen and oxygen atoms in total. The summed E-state index contributed by atoms with van der Waals surface area (Å²) in [5.74, 6) is -0.589. The van der Waals surface area contributed by atoms with Gasteiger partial charge in [-0.1, -0.05) is 12.1 Å². The lowest BCUT2D eigenvalue weighted by Gasteiger charge is -2.34. The summed E-state index contributed by atoms with van der Waals surface area (Å²) in [4.78, 5) is 29.0. The maximum absolute atomic E-state index is 14.1. The fraction of sp³-hybridized carbons (Fsp3) is 0.483. The van der Waals surface area contributed by atoms with Crippen molar-refractivity contribution >= 4 is 5.91 Å². The van der Waals surface area contributed by atoms with Gasteiger partial charge >= 0.3 is 5.69 Å². The molecule has 1 N–H and O–H groups in total. The quantitative estimate of drug-likeness (QED) is 0.475. The Balaban J connectivity index is 1.42. The highest BCUT2D eigenvalue weighted by Gasteiger charge is 2.36. The molecule has 2 aliphatic heterocycles. The first-order valence-electron chi connectivity index (χ1n) is 13.4. The Morgan fingerprint density at radius 1 is 1.10 bits per heavy atom. The number of carbonyl (C=O) groups is 1. The number of hydrogen-bond acceptors (Lipinski definition) is 6. The second-order valence-electron chi connectivity index (χ2n) is 11.3. The Morgan fingerprint density at radius 2 is 1.77 bits per heavy atom. The van der Waals surface area contributed by atoms with Gasteiger partial charge in [-0.3, -0.25) is 9.69 Å². The van der Waals surface area contributed by atoms with Crippen LogP contribution in [0.25, 0.3) is 11.4 Å². The first-order valence-corrected chi connectivity index (χ1v) is 13.4. The van der Waals surface area contributed by atoms with Crippen molar-refractivity contribution in [1.82, 2.24) is 24.6 Å². The summed E-state index contributed by atoms with van der Waals surface area (Å²) in [7, 11) is 1.36. The van der Waals surface area contributed by atoms with Crippen LogP contribution < -0.4 is 15.7 Å². The molecule has 2 saturated heterocycles. The van der Waals surface area contributed by atoms with E-state index in [0.717, 1.165) is 26.2 Å². The molecule has 2 fully saturated rings. The van der Waals surface area contributed by atoms with Gasteiger partial charge in [0.25, 0.3) is 0 Å². The summed E-state index contributed by atoms with van der Waals surface area (Å²) in [5, 5.41) is 7.44. The van der Waals surface area contributed by atoms with Gasteiger partial charge in [0.15, 0.2) is 11.6 Å². The number of nitrogens with zero attached hydrogens (tertiary/aromatic N) is 4. The molecule has 2 unspecified atom stereocenters. The van der Waals surface area contributed by atoms with E-state index in [4.69, 9.17) is 9.47 Å². The Hall–Kier alpha value is -3.50. The number of rotatable bonds is 8. The van der Waals surface area contributed by atoms with Crippen LogP contribution in [0.4, 0.5) is 4.39 Å². The molecule has 2 aliphatic rings. The van der Waals surface area contributed by atoms with Gasteiger partial charge in [0.1, 0.15) is 5.82 Å². The van der Waals surface area contributed by atoms with Gasteiger partial charge in [-0.25, -0.2) is 13.8 Å². The van der Waals surface area contributed by atoms with Crippen LogP contribution in [0.1, 0.15) is 45.0 Å². The van der Waals surface area contributed by atoms with Crippen molar-refractivity contribution in [1.29, 1.82) is 0 Å². The van der Waals surface area contributed by atoms with Gasteiger partial charge in [0.2, 0.25) is 5.91 Å². The second kappa shape index (κ2) is 10.9. The van der Waals surface area contributed by atoms with Crippen LogP contribution >= 0.6 is 0 Å². The Morgan fingerprint density at radius 3 is 2.41 bits per heavy atom. The first kappa shape index (κ1) is 27.1. The van der Waals surface area contributed by atoms with E-state index in [-0.39, 0.29) is 23.9 Å². The number of nitrogens with one attached hydrogen (secondary N) is 1. The third kappa shape index (κ3) is 5.91. The number of methoxy groups -OCH3 is 1. The van der Waals surface area contributed by atoms with E-state index in [2.05, 4.69) is 15.3 Å². The largest absolute Gasteiger partial charge is 0.494 e. The molecule has 2 bridgehead atoms. The van der Waals surface area contributed by atoms with Crippen LogP contribution in [0.5, 0.6) is 5.75 Å². The number of carbonyl (C=O) groups excluding carboxylic acids is 1. The predicted molar refractivity (Wildman–Crippen MR) is 145 cm³/mol. The molecular weight excluding hydrogens is 501 g/mol.